The van der Waals surface area contributed by atoms with E-state index in [1.807, 2.05) is 30.3 Å². The Morgan fingerprint density at radius 3 is 2.65 bits per heavy atom. The first-order chi connectivity index (χ1) is 11.2. The second-order valence-corrected chi connectivity index (χ2v) is 5.59. The van der Waals surface area contributed by atoms with Gasteiger partial charge in [0, 0.05) is 16.7 Å². The van der Waals surface area contributed by atoms with Crippen LogP contribution >= 0.6 is 23.2 Å². The predicted molar refractivity (Wildman–Crippen MR) is 89.3 cm³/mol. The van der Waals surface area contributed by atoms with E-state index >= 15 is 0 Å². The number of methoxy groups -OCH3 is 1. The Labute approximate surface area is 143 Å². The smallest absolute Gasteiger partial charge is 0.174 e. The van der Waals surface area contributed by atoms with E-state index in [1.54, 1.807) is 25.3 Å². The number of aromatic nitrogens is 1. The minimum absolute atomic E-state index is 0.212. The van der Waals surface area contributed by atoms with Gasteiger partial charge in [0.05, 0.1) is 12.1 Å². The largest absolute Gasteiger partial charge is 0.496 e. The maximum Gasteiger partial charge on any atom is 0.174 e. The Morgan fingerprint density at radius 2 is 1.87 bits per heavy atom. The lowest BCUT2D eigenvalue weighted by atomic mass is 10.1. The topological polar surface area (TPSA) is 44.5 Å². The summed E-state index contributed by atoms with van der Waals surface area (Å²) < 4.78 is 16.3. The Balaban J connectivity index is 1.75. The van der Waals surface area contributed by atoms with Crippen molar-refractivity contribution in [2.45, 2.75) is 6.61 Å². The van der Waals surface area contributed by atoms with Crippen molar-refractivity contribution in [1.82, 2.24) is 5.16 Å². The first kappa shape index (κ1) is 15.7. The van der Waals surface area contributed by atoms with Crippen LogP contribution in [-0.4, -0.2) is 12.3 Å². The van der Waals surface area contributed by atoms with Crippen molar-refractivity contribution in [2.24, 2.45) is 0 Å². The normalized spacial score (nSPS) is 10.6. The monoisotopic (exact) mass is 349 g/mol. The summed E-state index contributed by atoms with van der Waals surface area (Å²) in [5.74, 6) is 1.84. The quantitative estimate of drug-likeness (QED) is 0.632. The van der Waals surface area contributed by atoms with Crippen molar-refractivity contribution < 1.29 is 14.0 Å². The molecule has 3 aromatic rings. The van der Waals surface area contributed by atoms with Crippen LogP contribution in [0, 0.1) is 0 Å². The van der Waals surface area contributed by atoms with Crippen molar-refractivity contribution in [1.29, 1.82) is 0 Å². The van der Waals surface area contributed by atoms with Gasteiger partial charge >= 0.3 is 0 Å². The Hall–Kier alpha value is -2.17. The molecule has 4 nitrogen and oxygen atoms in total. The van der Waals surface area contributed by atoms with Crippen LogP contribution < -0.4 is 9.47 Å². The van der Waals surface area contributed by atoms with E-state index in [4.69, 9.17) is 37.2 Å². The molecule has 0 saturated heterocycles. The molecule has 0 radical (unpaired) electrons. The third-order valence-electron chi connectivity index (χ3n) is 3.21. The lowest BCUT2D eigenvalue weighted by molar-refractivity contribution is 0.249. The molecule has 0 saturated carbocycles. The molecule has 0 unspecified atom stereocenters. The van der Waals surface area contributed by atoms with E-state index in [0.717, 1.165) is 11.3 Å². The van der Waals surface area contributed by atoms with Crippen molar-refractivity contribution in [3.05, 3.63) is 64.3 Å². The van der Waals surface area contributed by atoms with Gasteiger partial charge in [0.1, 0.15) is 23.8 Å². The number of benzene rings is 2. The number of rotatable bonds is 5. The zero-order chi connectivity index (χ0) is 16.2. The third-order valence-corrected chi connectivity index (χ3v) is 3.74. The Kier molecular flexibility index (Phi) is 4.74. The van der Waals surface area contributed by atoms with Gasteiger partial charge in [0.15, 0.2) is 5.76 Å². The highest BCUT2D eigenvalue weighted by atomic mass is 35.5. The van der Waals surface area contributed by atoms with E-state index in [9.17, 15) is 0 Å². The molecule has 2 aromatic carbocycles. The van der Waals surface area contributed by atoms with Crippen LogP contribution in [-0.2, 0) is 6.61 Å². The zero-order valence-electron chi connectivity index (χ0n) is 12.3. The second-order valence-electron chi connectivity index (χ2n) is 4.74. The van der Waals surface area contributed by atoms with Gasteiger partial charge in [-0.05, 0) is 30.3 Å². The number of hydrogen-bond acceptors (Lipinski definition) is 4. The number of hydrogen-bond donors (Lipinski definition) is 0. The first-order valence-electron chi connectivity index (χ1n) is 6.84. The fourth-order valence-corrected chi connectivity index (χ4v) is 2.57. The number of halogens is 2. The molecule has 1 heterocycles. The molecule has 6 heteroatoms. The molecule has 0 spiro atoms. The number of ether oxygens (including phenoxy) is 2. The fraction of sp³-hybridized carbons (Fsp3) is 0.118. The van der Waals surface area contributed by atoms with Gasteiger partial charge in [0.25, 0.3) is 0 Å². The van der Waals surface area contributed by atoms with Crippen LogP contribution in [0.25, 0.3) is 11.3 Å². The summed E-state index contributed by atoms with van der Waals surface area (Å²) >= 11 is 11.9. The molecule has 23 heavy (non-hydrogen) atoms. The molecule has 0 N–H and O–H groups in total. The average Bonchev–Trinajstić information content (AvgIpc) is 3.03. The molecule has 0 aliphatic heterocycles. The SMILES string of the molecule is COc1ccccc1-c1cc(COc2ccc(Cl)cc2Cl)on1. The molecule has 0 aliphatic carbocycles. The second kappa shape index (κ2) is 6.94. The molecule has 3 rings (SSSR count). The van der Waals surface area contributed by atoms with Crippen molar-refractivity contribution in [3.8, 4) is 22.8 Å². The lowest BCUT2D eigenvalue weighted by Crippen LogP contribution is -1.94. The van der Waals surface area contributed by atoms with Crippen LogP contribution in [0.4, 0.5) is 0 Å². The Bertz CT molecular complexity index is 817. The lowest BCUT2D eigenvalue weighted by Gasteiger charge is -2.05. The molecule has 0 amide bonds. The van der Waals surface area contributed by atoms with Gasteiger partial charge in [-0.1, -0.05) is 40.5 Å². The van der Waals surface area contributed by atoms with Crippen LogP contribution in [0.3, 0.4) is 0 Å². The summed E-state index contributed by atoms with van der Waals surface area (Å²) in [6.07, 6.45) is 0. The van der Waals surface area contributed by atoms with Gasteiger partial charge in [0.2, 0.25) is 0 Å². The summed E-state index contributed by atoms with van der Waals surface area (Å²) in [6.45, 7) is 0.212. The van der Waals surface area contributed by atoms with Crippen LogP contribution in [0.5, 0.6) is 11.5 Å². The molecule has 118 valence electrons. The predicted octanol–water partition coefficient (Wildman–Crippen LogP) is 5.24. The molecular weight excluding hydrogens is 337 g/mol. The summed E-state index contributed by atoms with van der Waals surface area (Å²) in [5.41, 5.74) is 1.54. The van der Waals surface area contributed by atoms with Gasteiger partial charge < -0.3 is 14.0 Å². The highest BCUT2D eigenvalue weighted by molar-refractivity contribution is 6.35. The van der Waals surface area contributed by atoms with Crippen LogP contribution in [0.2, 0.25) is 10.0 Å². The van der Waals surface area contributed by atoms with E-state index < -0.39 is 0 Å². The van der Waals surface area contributed by atoms with Crippen molar-refractivity contribution in [2.75, 3.05) is 7.11 Å². The maximum absolute atomic E-state index is 6.06. The van der Waals surface area contributed by atoms with E-state index in [0.29, 0.717) is 27.2 Å². The molecule has 0 bridgehead atoms. The molecule has 1 aromatic heterocycles. The summed E-state index contributed by atoms with van der Waals surface area (Å²) in [5, 5.41) is 5.06. The minimum Gasteiger partial charge on any atom is -0.496 e. The zero-order valence-corrected chi connectivity index (χ0v) is 13.8. The standard InChI is InChI=1S/C17H13Cl2NO3/c1-21-16-5-3-2-4-13(16)15-9-12(23-20-15)10-22-17-7-6-11(18)8-14(17)19/h2-9H,10H2,1H3. The van der Waals surface area contributed by atoms with Gasteiger partial charge in [-0.15, -0.1) is 0 Å². The van der Waals surface area contributed by atoms with E-state index in [2.05, 4.69) is 5.16 Å². The maximum atomic E-state index is 6.06. The molecule has 0 atom stereocenters. The summed E-state index contributed by atoms with van der Waals surface area (Å²) in [6, 6.07) is 14.4. The van der Waals surface area contributed by atoms with E-state index in [1.165, 1.54) is 0 Å². The number of para-hydroxylation sites is 1. The van der Waals surface area contributed by atoms with Crippen molar-refractivity contribution >= 4 is 23.2 Å². The Morgan fingerprint density at radius 1 is 1.04 bits per heavy atom. The molecular formula is C17H13Cl2NO3. The minimum atomic E-state index is 0.212. The summed E-state index contributed by atoms with van der Waals surface area (Å²) in [7, 11) is 1.62. The average molecular weight is 350 g/mol. The highest BCUT2D eigenvalue weighted by Crippen LogP contribution is 2.30. The first-order valence-corrected chi connectivity index (χ1v) is 7.60. The van der Waals surface area contributed by atoms with Crippen LogP contribution in [0.1, 0.15) is 5.76 Å². The third kappa shape index (κ3) is 3.60. The van der Waals surface area contributed by atoms with Gasteiger partial charge in [-0.2, -0.15) is 0 Å². The number of nitrogens with zero attached hydrogens (tertiary/aromatic N) is 1. The van der Waals surface area contributed by atoms with Gasteiger partial charge in [-0.25, -0.2) is 0 Å². The fourth-order valence-electron chi connectivity index (χ4n) is 2.11. The van der Waals surface area contributed by atoms with E-state index in [-0.39, 0.29) is 6.61 Å². The van der Waals surface area contributed by atoms with Crippen molar-refractivity contribution in [3.63, 3.8) is 0 Å². The molecule has 0 aliphatic rings. The van der Waals surface area contributed by atoms with Crippen LogP contribution in [0.15, 0.2) is 53.1 Å². The van der Waals surface area contributed by atoms with Gasteiger partial charge in [-0.3, -0.25) is 0 Å². The summed E-state index contributed by atoms with van der Waals surface area (Å²) in [4.78, 5) is 0. The highest BCUT2D eigenvalue weighted by Gasteiger charge is 2.12. The molecule has 0 fully saturated rings.